The molecule has 6 heteroatoms. The van der Waals surface area contributed by atoms with Crippen molar-refractivity contribution in [3.8, 4) is 0 Å². The average molecular weight is 167 g/mol. The van der Waals surface area contributed by atoms with Gasteiger partial charge in [0.05, 0.1) is 14.2 Å². The van der Waals surface area contributed by atoms with Gasteiger partial charge in [0.25, 0.3) is 11.3 Å². The normalized spacial score (nSPS) is 12.3. The summed E-state index contributed by atoms with van der Waals surface area (Å²) in [7, 11) is 3.74. The number of hydrogen-bond acceptors (Lipinski definition) is 4. The van der Waals surface area contributed by atoms with Crippen molar-refractivity contribution in [2.45, 2.75) is 0 Å². The third-order valence-electron chi connectivity index (χ3n) is 0.798. The molecule has 1 atom stereocenters. The van der Waals surface area contributed by atoms with E-state index >= 15 is 0 Å². The number of hydrogen-bond donors (Lipinski definition) is 0. The van der Waals surface area contributed by atoms with Crippen LogP contribution in [0, 0.1) is 0 Å². The minimum absolute atomic E-state index is 0.694. The largest absolute Gasteiger partial charge is 0.452 e. The lowest BCUT2D eigenvalue weighted by molar-refractivity contribution is 0.153. The summed E-state index contributed by atoms with van der Waals surface area (Å²) in [6.45, 7) is 0. The van der Waals surface area contributed by atoms with Crippen molar-refractivity contribution < 1.29 is 17.9 Å². The summed E-state index contributed by atoms with van der Waals surface area (Å²) in [5.41, 5.74) is 0. The molecule has 5 nitrogen and oxygen atoms in total. The van der Waals surface area contributed by atoms with Gasteiger partial charge in [-0.1, -0.05) is 0 Å². The second kappa shape index (κ2) is 4.24. The highest BCUT2D eigenvalue weighted by molar-refractivity contribution is 7.78. The summed E-state index contributed by atoms with van der Waals surface area (Å²) in [5.74, 6) is 0. The van der Waals surface area contributed by atoms with Crippen LogP contribution in [0.15, 0.2) is 0 Å². The molecule has 10 heavy (non-hydrogen) atoms. The standard InChI is InChI=1S/C4H9NO4S/c1-5(4(6)8-2)10(7)9-3/h1-3H3. The summed E-state index contributed by atoms with van der Waals surface area (Å²) in [4.78, 5) is 10.5. The van der Waals surface area contributed by atoms with Gasteiger partial charge in [0.15, 0.2) is 0 Å². The van der Waals surface area contributed by atoms with E-state index in [1.807, 2.05) is 0 Å². The molecule has 0 bridgehead atoms. The number of carbonyl (C=O) groups excluding carboxylic acids is 1. The molecule has 0 aliphatic rings. The van der Waals surface area contributed by atoms with Crippen molar-refractivity contribution in [2.24, 2.45) is 0 Å². The fourth-order valence-electron chi connectivity index (χ4n) is 0.301. The predicted molar refractivity (Wildman–Crippen MR) is 35.3 cm³/mol. The van der Waals surface area contributed by atoms with Gasteiger partial charge < -0.3 is 4.74 Å². The zero-order valence-corrected chi connectivity index (χ0v) is 6.80. The number of amides is 1. The van der Waals surface area contributed by atoms with Crippen LogP contribution in [-0.4, -0.2) is 35.9 Å². The van der Waals surface area contributed by atoms with Crippen molar-refractivity contribution in [2.75, 3.05) is 21.3 Å². The van der Waals surface area contributed by atoms with Gasteiger partial charge in [-0.05, 0) is 0 Å². The monoisotopic (exact) mass is 167 g/mol. The van der Waals surface area contributed by atoms with E-state index in [1.165, 1.54) is 21.3 Å². The molecule has 0 aromatic rings. The first kappa shape index (κ1) is 9.38. The van der Waals surface area contributed by atoms with Crippen LogP contribution in [0.25, 0.3) is 0 Å². The highest BCUT2D eigenvalue weighted by Crippen LogP contribution is 1.93. The van der Waals surface area contributed by atoms with Crippen molar-refractivity contribution in [1.29, 1.82) is 0 Å². The quantitative estimate of drug-likeness (QED) is 0.576. The lowest BCUT2D eigenvalue weighted by Crippen LogP contribution is -2.29. The van der Waals surface area contributed by atoms with Gasteiger partial charge in [-0.25, -0.2) is 13.3 Å². The van der Waals surface area contributed by atoms with Crippen molar-refractivity contribution in [1.82, 2.24) is 4.31 Å². The number of nitrogens with zero attached hydrogens (tertiary/aromatic N) is 1. The van der Waals surface area contributed by atoms with Crippen molar-refractivity contribution in [3.05, 3.63) is 0 Å². The maximum Gasteiger partial charge on any atom is 0.422 e. The molecule has 0 radical (unpaired) electrons. The zero-order chi connectivity index (χ0) is 8.15. The summed E-state index contributed by atoms with van der Waals surface area (Å²) < 4.78 is 20.0. The maximum absolute atomic E-state index is 10.6. The van der Waals surface area contributed by atoms with Crippen LogP contribution in [0.5, 0.6) is 0 Å². The van der Waals surface area contributed by atoms with Crippen LogP contribution in [0.4, 0.5) is 4.79 Å². The minimum atomic E-state index is -1.74. The maximum atomic E-state index is 10.6. The van der Waals surface area contributed by atoms with E-state index in [-0.39, 0.29) is 0 Å². The van der Waals surface area contributed by atoms with Gasteiger partial charge in [0.1, 0.15) is 0 Å². The Morgan fingerprint density at radius 3 is 2.30 bits per heavy atom. The molecule has 1 amide bonds. The molecule has 0 aromatic carbocycles. The van der Waals surface area contributed by atoms with E-state index in [2.05, 4.69) is 8.92 Å². The highest BCUT2D eigenvalue weighted by Gasteiger charge is 2.14. The van der Waals surface area contributed by atoms with E-state index in [0.29, 0.717) is 0 Å². The fourth-order valence-corrected chi connectivity index (χ4v) is 0.721. The molecule has 0 heterocycles. The number of carbonyl (C=O) groups is 1. The van der Waals surface area contributed by atoms with Crippen LogP contribution >= 0.6 is 0 Å². The fraction of sp³-hybridized carbons (Fsp3) is 0.750. The second-order valence-electron chi connectivity index (χ2n) is 1.35. The first-order chi connectivity index (χ1) is 4.63. The average Bonchev–Trinajstić information content (AvgIpc) is 2.00. The Morgan fingerprint density at radius 1 is 1.50 bits per heavy atom. The Balaban J connectivity index is 3.94. The van der Waals surface area contributed by atoms with Gasteiger partial charge in [0, 0.05) is 7.05 Å². The van der Waals surface area contributed by atoms with Gasteiger partial charge in [-0.3, -0.25) is 4.18 Å². The van der Waals surface area contributed by atoms with Gasteiger partial charge in [-0.15, -0.1) is 0 Å². The van der Waals surface area contributed by atoms with E-state index in [4.69, 9.17) is 0 Å². The lowest BCUT2D eigenvalue weighted by Gasteiger charge is -2.10. The molecule has 0 saturated heterocycles. The third-order valence-corrected chi connectivity index (χ3v) is 1.68. The molecule has 0 fully saturated rings. The first-order valence-electron chi connectivity index (χ1n) is 2.41. The third kappa shape index (κ3) is 2.32. The Hall–Kier alpha value is -0.620. The van der Waals surface area contributed by atoms with Crippen LogP contribution in [0.1, 0.15) is 0 Å². The van der Waals surface area contributed by atoms with Crippen molar-refractivity contribution >= 4 is 17.4 Å². The van der Waals surface area contributed by atoms with Crippen LogP contribution < -0.4 is 0 Å². The number of rotatable bonds is 2. The van der Waals surface area contributed by atoms with Crippen molar-refractivity contribution in [3.63, 3.8) is 0 Å². The Morgan fingerprint density at radius 2 is 2.00 bits per heavy atom. The molecule has 60 valence electrons. The summed E-state index contributed by atoms with van der Waals surface area (Å²) in [5, 5.41) is 0. The highest BCUT2D eigenvalue weighted by atomic mass is 32.2. The summed E-state index contributed by atoms with van der Waals surface area (Å²) >= 11 is -1.74. The Labute approximate surface area is 61.7 Å². The van der Waals surface area contributed by atoms with E-state index in [0.717, 1.165) is 4.31 Å². The first-order valence-corrected chi connectivity index (χ1v) is 3.44. The van der Waals surface area contributed by atoms with Crippen LogP contribution in [0.2, 0.25) is 0 Å². The molecule has 0 saturated carbocycles. The molecule has 0 N–H and O–H groups in total. The number of methoxy groups -OCH3 is 1. The molecule has 1 unspecified atom stereocenters. The molecule has 0 aromatic heterocycles. The Kier molecular flexibility index (Phi) is 3.97. The Bertz CT molecular complexity index is 132. The molecule has 0 aliphatic carbocycles. The minimum Gasteiger partial charge on any atom is -0.452 e. The number of ether oxygens (including phenoxy) is 1. The van der Waals surface area contributed by atoms with E-state index in [9.17, 15) is 9.00 Å². The van der Waals surface area contributed by atoms with Gasteiger partial charge in [-0.2, -0.15) is 0 Å². The van der Waals surface area contributed by atoms with Gasteiger partial charge in [0.2, 0.25) is 0 Å². The second-order valence-corrected chi connectivity index (χ2v) is 2.67. The summed E-state index contributed by atoms with van der Waals surface area (Å²) in [6, 6.07) is 0. The molecular formula is C4H9NO4S. The SMILES string of the molecule is COC(=O)N(C)S(=O)OC. The molecular weight excluding hydrogens is 158 g/mol. The predicted octanol–water partition coefficient (Wildman–Crippen LogP) is -0.0903. The lowest BCUT2D eigenvalue weighted by atomic mass is 11.1. The summed E-state index contributed by atoms with van der Waals surface area (Å²) in [6.07, 6.45) is -0.694. The van der Waals surface area contributed by atoms with E-state index < -0.39 is 17.4 Å². The molecule has 0 aliphatic heterocycles. The zero-order valence-electron chi connectivity index (χ0n) is 5.99. The van der Waals surface area contributed by atoms with Crippen LogP contribution in [-0.2, 0) is 20.2 Å². The molecule has 0 rings (SSSR count). The van der Waals surface area contributed by atoms with Gasteiger partial charge >= 0.3 is 6.09 Å². The van der Waals surface area contributed by atoms with Crippen LogP contribution in [0.3, 0.4) is 0 Å². The smallest absolute Gasteiger partial charge is 0.422 e. The molecule has 0 spiro atoms. The topological polar surface area (TPSA) is 55.8 Å². The van der Waals surface area contributed by atoms with E-state index in [1.54, 1.807) is 0 Å².